The minimum atomic E-state index is -3.77. The first-order valence-corrected chi connectivity index (χ1v) is 13.3. The van der Waals surface area contributed by atoms with Crippen LogP contribution < -0.4 is 4.31 Å². The van der Waals surface area contributed by atoms with E-state index in [1.54, 1.807) is 23.1 Å². The van der Waals surface area contributed by atoms with Gasteiger partial charge in [0, 0.05) is 25.2 Å². The Bertz CT molecular complexity index is 1500. The molecule has 0 N–H and O–H groups in total. The molecule has 3 aromatic carbocycles. The molecule has 35 heavy (non-hydrogen) atoms. The number of para-hydroxylation sites is 3. The van der Waals surface area contributed by atoms with Crippen molar-refractivity contribution in [1.82, 2.24) is 9.88 Å². The van der Waals surface area contributed by atoms with E-state index in [9.17, 15) is 13.2 Å². The molecule has 0 aliphatic carbocycles. The molecular formula is C27H25N3O4S. The van der Waals surface area contributed by atoms with Gasteiger partial charge in [-0.15, -0.1) is 0 Å². The summed E-state index contributed by atoms with van der Waals surface area (Å²) < 4.78 is 34.3. The van der Waals surface area contributed by atoms with Crippen molar-refractivity contribution in [1.29, 1.82) is 0 Å². The van der Waals surface area contributed by atoms with Crippen molar-refractivity contribution in [2.24, 2.45) is 0 Å². The van der Waals surface area contributed by atoms with Crippen molar-refractivity contribution < 1.29 is 17.6 Å². The average Bonchev–Trinajstić information content (AvgIpc) is 3.53. The number of hydrogen-bond acceptors (Lipinski definition) is 5. The van der Waals surface area contributed by atoms with Gasteiger partial charge in [0.25, 0.3) is 15.9 Å². The number of carbonyl (C=O) groups excluding carboxylic acids is 1. The SMILES string of the molecule is O=C(c1cccc(S(=O)(=O)N2CCc3ccccc32)c1)N1CCCC(c2nc3ccccc3o2)C1. The third kappa shape index (κ3) is 3.87. The molecule has 7 nitrogen and oxygen atoms in total. The third-order valence-corrected chi connectivity index (χ3v) is 8.69. The predicted molar refractivity (Wildman–Crippen MR) is 133 cm³/mol. The number of anilines is 1. The van der Waals surface area contributed by atoms with Gasteiger partial charge >= 0.3 is 0 Å². The topological polar surface area (TPSA) is 83.7 Å². The highest BCUT2D eigenvalue weighted by Crippen LogP contribution is 2.33. The Morgan fingerprint density at radius 3 is 2.69 bits per heavy atom. The summed E-state index contributed by atoms with van der Waals surface area (Å²) in [5.74, 6) is 0.477. The van der Waals surface area contributed by atoms with Crippen LogP contribution in [0.3, 0.4) is 0 Å². The monoisotopic (exact) mass is 487 g/mol. The first-order valence-electron chi connectivity index (χ1n) is 11.9. The van der Waals surface area contributed by atoms with E-state index >= 15 is 0 Å². The maximum Gasteiger partial charge on any atom is 0.264 e. The molecule has 1 saturated heterocycles. The number of nitrogens with zero attached hydrogens (tertiary/aromatic N) is 3. The molecule has 0 radical (unpaired) electrons. The van der Waals surface area contributed by atoms with Crippen LogP contribution >= 0.6 is 0 Å². The van der Waals surface area contributed by atoms with Gasteiger partial charge in [-0.2, -0.15) is 0 Å². The van der Waals surface area contributed by atoms with Crippen LogP contribution in [0.15, 0.2) is 82.1 Å². The van der Waals surface area contributed by atoms with E-state index in [1.165, 1.54) is 10.4 Å². The minimum Gasteiger partial charge on any atom is -0.440 e. The molecule has 3 heterocycles. The van der Waals surface area contributed by atoms with E-state index < -0.39 is 10.0 Å². The van der Waals surface area contributed by atoms with Gasteiger partial charge in [0.1, 0.15) is 5.52 Å². The molecule has 6 rings (SSSR count). The lowest BCUT2D eigenvalue weighted by Gasteiger charge is -2.31. The molecule has 1 fully saturated rings. The Balaban J connectivity index is 1.24. The van der Waals surface area contributed by atoms with Crippen LogP contribution in [0.1, 0.15) is 40.6 Å². The highest BCUT2D eigenvalue weighted by atomic mass is 32.2. The van der Waals surface area contributed by atoms with Crippen molar-refractivity contribution in [3.05, 3.63) is 89.8 Å². The van der Waals surface area contributed by atoms with Gasteiger partial charge in [0.2, 0.25) is 0 Å². The number of carbonyl (C=O) groups is 1. The number of oxazole rings is 1. The molecule has 0 bridgehead atoms. The normalized spacial score (nSPS) is 18.1. The first kappa shape index (κ1) is 21.9. The number of aromatic nitrogens is 1. The summed E-state index contributed by atoms with van der Waals surface area (Å²) in [5.41, 5.74) is 3.65. The van der Waals surface area contributed by atoms with E-state index in [0.29, 0.717) is 43.2 Å². The number of fused-ring (bicyclic) bond motifs is 2. The van der Waals surface area contributed by atoms with Crippen LogP contribution in [0.5, 0.6) is 0 Å². The molecule has 1 amide bonds. The molecule has 0 spiro atoms. The molecular weight excluding hydrogens is 462 g/mol. The summed E-state index contributed by atoms with van der Waals surface area (Å²) >= 11 is 0. The molecule has 4 aromatic rings. The van der Waals surface area contributed by atoms with Crippen molar-refractivity contribution in [3.8, 4) is 0 Å². The number of benzene rings is 3. The Labute approximate surface area is 204 Å². The zero-order chi connectivity index (χ0) is 24.0. The number of amides is 1. The van der Waals surface area contributed by atoms with Gasteiger partial charge < -0.3 is 9.32 Å². The van der Waals surface area contributed by atoms with E-state index in [0.717, 1.165) is 29.5 Å². The highest BCUT2D eigenvalue weighted by Gasteiger charge is 2.32. The lowest BCUT2D eigenvalue weighted by molar-refractivity contribution is 0.0698. The van der Waals surface area contributed by atoms with Crippen molar-refractivity contribution in [3.63, 3.8) is 0 Å². The zero-order valence-corrected chi connectivity index (χ0v) is 19.9. The average molecular weight is 488 g/mol. The number of sulfonamides is 1. The van der Waals surface area contributed by atoms with Crippen molar-refractivity contribution in [2.75, 3.05) is 23.9 Å². The van der Waals surface area contributed by atoms with Gasteiger partial charge in [-0.25, -0.2) is 13.4 Å². The molecule has 1 unspecified atom stereocenters. The van der Waals surface area contributed by atoms with Gasteiger partial charge in [0.05, 0.1) is 16.5 Å². The van der Waals surface area contributed by atoms with Crippen LogP contribution in [0.4, 0.5) is 5.69 Å². The van der Waals surface area contributed by atoms with Crippen molar-refractivity contribution in [2.45, 2.75) is 30.1 Å². The van der Waals surface area contributed by atoms with Crippen LogP contribution in [-0.2, 0) is 16.4 Å². The molecule has 8 heteroatoms. The van der Waals surface area contributed by atoms with Crippen LogP contribution in [-0.4, -0.2) is 43.8 Å². The van der Waals surface area contributed by atoms with Gasteiger partial charge in [0.15, 0.2) is 11.5 Å². The summed E-state index contributed by atoms with van der Waals surface area (Å²) in [7, 11) is -3.77. The highest BCUT2D eigenvalue weighted by molar-refractivity contribution is 7.92. The van der Waals surface area contributed by atoms with Crippen LogP contribution in [0.25, 0.3) is 11.1 Å². The first-order chi connectivity index (χ1) is 17.0. The third-order valence-electron chi connectivity index (χ3n) is 6.88. The minimum absolute atomic E-state index is 0.00752. The maximum atomic E-state index is 13.5. The number of piperidine rings is 1. The fourth-order valence-corrected chi connectivity index (χ4v) is 6.63. The second kappa shape index (κ2) is 8.53. The number of hydrogen-bond donors (Lipinski definition) is 0. The number of rotatable bonds is 4. The van der Waals surface area contributed by atoms with E-state index in [4.69, 9.17) is 4.42 Å². The Morgan fingerprint density at radius 2 is 1.80 bits per heavy atom. The summed E-state index contributed by atoms with van der Waals surface area (Å²) in [4.78, 5) is 19.9. The fraction of sp³-hybridized carbons (Fsp3) is 0.259. The lowest BCUT2D eigenvalue weighted by Crippen LogP contribution is -2.39. The fourth-order valence-electron chi connectivity index (χ4n) is 5.08. The summed E-state index contributed by atoms with van der Waals surface area (Å²) in [6, 6.07) is 21.6. The second-order valence-electron chi connectivity index (χ2n) is 9.09. The molecule has 2 aliphatic rings. The maximum absolute atomic E-state index is 13.5. The molecule has 2 aliphatic heterocycles. The van der Waals surface area contributed by atoms with Gasteiger partial charge in [-0.1, -0.05) is 36.4 Å². The number of likely N-dealkylation sites (tertiary alicyclic amines) is 1. The van der Waals surface area contributed by atoms with Crippen LogP contribution in [0.2, 0.25) is 0 Å². The summed E-state index contributed by atoms with van der Waals surface area (Å²) in [5, 5.41) is 0. The Kier molecular flexibility index (Phi) is 5.33. The predicted octanol–water partition coefficient (Wildman–Crippen LogP) is 4.60. The van der Waals surface area contributed by atoms with E-state index in [-0.39, 0.29) is 16.7 Å². The molecule has 1 aromatic heterocycles. The second-order valence-corrected chi connectivity index (χ2v) is 11.0. The van der Waals surface area contributed by atoms with Gasteiger partial charge in [-0.3, -0.25) is 9.10 Å². The van der Waals surface area contributed by atoms with E-state index in [2.05, 4.69) is 4.98 Å². The molecule has 0 saturated carbocycles. The molecule has 178 valence electrons. The Morgan fingerprint density at radius 1 is 0.971 bits per heavy atom. The molecule has 1 atom stereocenters. The lowest BCUT2D eigenvalue weighted by atomic mass is 9.97. The van der Waals surface area contributed by atoms with E-state index in [1.807, 2.05) is 48.5 Å². The van der Waals surface area contributed by atoms with Gasteiger partial charge in [-0.05, 0) is 61.2 Å². The standard InChI is InChI=1S/C27H25N3O4S/c31-27(29-15-6-9-21(18-29)26-28-23-11-2-4-13-25(23)34-26)20-8-5-10-22(17-20)35(32,33)30-16-14-19-7-1-3-12-24(19)30/h1-5,7-8,10-13,17,21H,6,9,14-16,18H2. The largest absolute Gasteiger partial charge is 0.440 e. The summed E-state index contributed by atoms with van der Waals surface area (Å²) in [6.45, 7) is 1.51. The van der Waals surface area contributed by atoms with Crippen LogP contribution in [0, 0.1) is 0 Å². The summed E-state index contributed by atoms with van der Waals surface area (Å²) in [6.07, 6.45) is 2.40. The zero-order valence-electron chi connectivity index (χ0n) is 19.1. The van der Waals surface area contributed by atoms with Crippen molar-refractivity contribution >= 4 is 32.7 Å². The quantitative estimate of drug-likeness (QED) is 0.420. The smallest absolute Gasteiger partial charge is 0.264 e. The Hall–Kier alpha value is -3.65.